The average molecular weight is 275 g/mol. The van der Waals surface area contributed by atoms with Gasteiger partial charge in [0.05, 0.1) is 11.3 Å². The highest BCUT2D eigenvalue weighted by Crippen LogP contribution is 2.34. The summed E-state index contributed by atoms with van der Waals surface area (Å²) >= 11 is 0. The number of carbonyl (C=O) groups is 2. The van der Waals surface area contributed by atoms with E-state index in [1.165, 1.54) is 26.2 Å². The fourth-order valence-electron chi connectivity index (χ4n) is 2.42. The van der Waals surface area contributed by atoms with Gasteiger partial charge in [-0.1, -0.05) is 26.2 Å². The van der Waals surface area contributed by atoms with Crippen LogP contribution in [0, 0.1) is 0 Å². The summed E-state index contributed by atoms with van der Waals surface area (Å²) in [6, 6.07) is 3.81. The molecular formula is C16H21NO3. The van der Waals surface area contributed by atoms with Crippen LogP contribution in [-0.4, -0.2) is 18.3 Å². The van der Waals surface area contributed by atoms with Gasteiger partial charge in [0, 0.05) is 0 Å². The van der Waals surface area contributed by atoms with Crippen LogP contribution in [0.3, 0.4) is 0 Å². The number of unbranched alkanes of at least 4 members (excludes halogenated alkanes) is 3. The number of hydrogen-bond donors (Lipinski definition) is 1. The van der Waals surface area contributed by atoms with Gasteiger partial charge in [0.1, 0.15) is 0 Å². The van der Waals surface area contributed by atoms with Gasteiger partial charge in [0.15, 0.2) is 18.1 Å². The van der Waals surface area contributed by atoms with Crippen molar-refractivity contribution in [3.8, 4) is 5.75 Å². The van der Waals surface area contributed by atoms with E-state index in [-0.39, 0.29) is 18.3 Å². The fourth-order valence-corrected chi connectivity index (χ4v) is 2.42. The minimum absolute atomic E-state index is 0.0247. The number of hydrogen-bond acceptors (Lipinski definition) is 3. The molecule has 108 valence electrons. The molecule has 20 heavy (non-hydrogen) atoms. The second kappa shape index (κ2) is 6.55. The summed E-state index contributed by atoms with van der Waals surface area (Å²) in [5, 5.41) is 2.78. The summed E-state index contributed by atoms with van der Waals surface area (Å²) in [6.07, 6.45) is 5.63. The molecule has 1 N–H and O–H groups in total. The highest BCUT2D eigenvalue weighted by molar-refractivity contribution is 6.03. The molecule has 0 atom stereocenters. The third-order valence-corrected chi connectivity index (χ3v) is 3.47. The van der Waals surface area contributed by atoms with Crippen LogP contribution in [0.15, 0.2) is 12.1 Å². The van der Waals surface area contributed by atoms with Crippen molar-refractivity contribution in [1.29, 1.82) is 0 Å². The van der Waals surface area contributed by atoms with Crippen LogP contribution in [0.25, 0.3) is 0 Å². The van der Waals surface area contributed by atoms with E-state index in [1.807, 2.05) is 12.1 Å². The molecule has 1 aromatic rings. The Kier molecular flexibility index (Phi) is 4.77. The third kappa shape index (κ3) is 3.38. The van der Waals surface area contributed by atoms with Crippen molar-refractivity contribution in [2.75, 3.05) is 11.9 Å². The van der Waals surface area contributed by atoms with Gasteiger partial charge in [-0.2, -0.15) is 0 Å². The van der Waals surface area contributed by atoms with Gasteiger partial charge in [0.25, 0.3) is 5.91 Å². The second-order valence-electron chi connectivity index (χ2n) is 5.22. The minimum Gasteiger partial charge on any atom is -0.481 e. The Labute approximate surface area is 119 Å². The Morgan fingerprint density at radius 2 is 2.10 bits per heavy atom. The second-order valence-corrected chi connectivity index (χ2v) is 5.22. The monoisotopic (exact) mass is 275 g/mol. The third-order valence-electron chi connectivity index (χ3n) is 3.47. The molecule has 2 rings (SSSR count). The lowest BCUT2D eigenvalue weighted by atomic mass is 9.99. The van der Waals surface area contributed by atoms with Gasteiger partial charge in [-0.3, -0.25) is 9.59 Å². The maximum atomic E-state index is 11.7. The van der Waals surface area contributed by atoms with Crippen LogP contribution >= 0.6 is 0 Å². The Hall–Kier alpha value is -1.84. The SMILES string of the molecule is CCCCCCc1cc2c(c(C(C)=O)c1)OCC(=O)N2. The van der Waals surface area contributed by atoms with E-state index in [0.717, 1.165) is 18.4 Å². The van der Waals surface area contributed by atoms with E-state index >= 15 is 0 Å². The predicted octanol–water partition coefficient (Wildman–Crippen LogP) is 3.34. The van der Waals surface area contributed by atoms with Crippen LogP contribution in [-0.2, 0) is 11.2 Å². The lowest BCUT2D eigenvalue weighted by molar-refractivity contribution is -0.118. The molecule has 0 fully saturated rings. The van der Waals surface area contributed by atoms with E-state index < -0.39 is 0 Å². The van der Waals surface area contributed by atoms with Gasteiger partial charge < -0.3 is 10.1 Å². The zero-order valence-corrected chi connectivity index (χ0v) is 12.1. The number of ether oxygens (including phenoxy) is 1. The first-order valence-electron chi connectivity index (χ1n) is 7.22. The number of rotatable bonds is 6. The zero-order valence-electron chi connectivity index (χ0n) is 12.1. The summed E-state index contributed by atoms with van der Waals surface area (Å²) < 4.78 is 5.39. The van der Waals surface area contributed by atoms with Crippen molar-refractivity contribution in [3.63, 3.8) is 0 Å². The van der Waals surface area contributed by atoms with Crippen LogP contribution in [0.4, 0.5) is 5.69 Å². The van der Waals surface area contributed by atoms with Crippen molar-refractivity contribution in [2.45, 2.75) is 46.0 Å². The molecule has 0 bridgehead atoms. The smallest absolute Gasteiger partial charge is 0.262 e. The number of amides is 1. The summed E-state index contributed by atoms with van der Waals surface area (Å²) in [5.74, 6) is 0.303. The predicted molar refractivity (Wildman–Crippen MR) is 78.4 cm³/mol. The van der Waals surface area contributed by atoms with E-state index in [4.69, 9.17) is 4.74 Å². The Balaban J connectivity index is 2.21. The normalized spacial score (nSPS) is 13.4. The van der Waals surface area contributed by atoms with Gasteiger partial charge in [-0.15, -0.1) is 0 Å². The molecule has 4 nitrogen and oxygen atoms in total. The summed E-state index contributed by atoms with van der Waals surface area (Å²) in [4.78, 5) is 23.1. The Bertz CT molecular complexity index is 523. The van der Waals surface area contributed by atoms with Crippen molar-refractivity contribution in [3.05, 3.63) is 23.3 Å². The Morgan fingerprint density at radius 3 is 2.80 bits per heavy atom. The molecule has 0 saturated carbocycles. The van der Waals surface area contributed by atoms with Crippen LogP contribution in [0.2, 0.25) is 0 Å². The quantitative estimate of drug-likeness (QED) is 0.640. The average Bonchev–Trinajstić information content (AvgIpc) is 2.42. The lowest BCUT2D eigenvalue weighted by Gasteiger charge is -2.21. The highest BCUT2D eigenvalue weighted by Gasteiger charge is 2.22. The summed E-state index contributed by atoms with van der Waals surface area (Å²) in [6.45, 7) is 3.68. The fraction of sp³-hybridized carbons (Fsp3) is 0.500. The molecule has 4 heteroatoms. The maximum absolute atomic E-state index is 11.7. The largest absolute Gasteiger partial charge is 0.481 e. The topological polar surface area (TPSA) is 55.4 Å². The van der Waals surface area contributed by atoms with Gasteiger partial charge in [0.2, 0.25) is 0 Å². The first kappa shape index (κ1) is 14.6. The molecule has 0 aromatic heterocycles. The number of ketones is 1. The van der Waals surface area contributed by atoms with Crippen LogP contribution in [0.5, 0.6) is 5.75 Å². The summed E-state index contributed by atoms with van der Waals surface area (Å²) in [7, 11) is 0. The summed E-state index contributed by atoms with van der Waals surface area (Å²) in [5.41, 5.74) is 2.27. The highest BCUT2D eigenvalue weighted by atomic mass is 16.5. The van der Waals surface area contributed by atoms with E-state index in [1.54, 1.807) is 0 Å². The first-order chi connectivity index (χ1) is 9.61. The number of aryl methyl sites for hydroxylation is 1. The number of nitrogens with one attached hydrogen (secondary N) is 1. The van der Waals surface area contributed by atoms with Crippen molar-refractivity contribution < 1.29 is 14.3 Å². The first-order valence-corrected chi connectivity index (χ1v) is 7.22. The molecule has 1 amide bonds. The molecule has 1 aromatic carbocycles. The molecule has 1 aliphatic heterocycles. The van der Waals surface area contributed by atoms with Crippen LogP contribution < -0.4 is 10.1 Å². The molecule has 0 aliphatic carbocycles. The van der Waals surface area contributed by atoms with Crippen LogP contribution in [0.1, 0.15) is 55.5 Å². The maximum Gasteiger partial charge on any atom is 0.262 e. The van der Waals surface area contributed by atoms with Gasteiger partial charge in [-0.05, 0) is 37.5 Å². The molecule has 0 saturated heterocycles. The molecular weight excluding hydrogens is 254 g/mol. The molecule has 1 aliphatic rings. The molecule has 0 spiro atoms. The number of benzene rings is 1. The number of anilines is 1. The molecule has 1 heterocycles. The lowest BCUT2D eigenvalue weighted by Crippen LogP contribution is -2.26. The minimum atomic E-state index is -0.171. The van der Waals surface area contributed by atoms with Crippen molar-refractivity contribution in [1.82, 2.24) is 0 Å². The van der Waals surface area contributed by atoms with E-state index in [9.17, 15) is 9.59 Å². The van der Waals surface area contributed by atoms with Gasteiger partial charge >= 0.3 is 0 Å². The molecule has 0 radical (unpaired) electrons. The standard InChI is InChI=1S/C16H21NO3/c1-3-4-5-6-7-12-8-13(11(2)18)16-14(9-12)17-15(19)10-20-16/h8-9H,3-7,10H2,1-2H3,(H,17,19). The van der Waals surface area contributed by atoms with E-state index in [2.05, 4.69) is 12.2 Å². The Morgan fingerprint density at radius 1 is 1.30 bits per heavy atom. The number of Topliss-reactive ketones (excluding diaryl/α,β-unsaturated/α-hetero) is 1. The number of carbonyl (C=O) groups excluding carboxylic acids is 2. The van der Waals surface area contributed by atoms with Crippen molar-refractivity contribution >= 4 is 17.4 Å². The zero-order chi connectivity index (χ0) is 14.5. The molecule has 0 unspecified atom stereocenters. The number of fused-ring (bicyclic) bond motifs is 1. The van der Waals surface area contributed by atoms with E-state index in [0.29, 0.717) is 17.0 Å². The van der Waals surface area contributed by atoms with Gasteiger partial charge in [-0.25, -0.2) is 0 Å². The van der Waals surface area contributed by atoms with Crippen molar-refractivity contribution in [2.24, 2.45) is 0 Å².